The van der Waals surface area contributed by atoms with Gasteiger partial charge in [-0.3, -0.25) is 4.79 Å². The minimum Gasteiger partial charge on any atom is -0.490 e. The highest BCUT2D eigenvalue weighted by Crippen LogP contribution is 2.25. The summed E-state index contributed by atoms with van der Waals surface area (Å²) >= 11 is 0. The first-order valence-electron chi connectivity index (χ1n) is 8.44. The predicted octanol–water partition coefficient (Wildman–Crippen LogP) is 1.78. The number of piperidine rings is 1. The van der Waals surface area contributed by atoms with Crippen LogP contribution in [0.25, 0.3) is 10.8 Å². The maximum absolute atomic E-state index is 11.2. The van der Waals surface area contributed by atoms with Crippen LogP contribution in [-0.4, -0.2) is 48.3 Å². The Bertz CT molecular complexity index is 691. The average Bonchev–Trinajstić information content (AvgIpc) is 2.60. The molecule has 2 aromatic carbocycles. The van der Waals surface area contributed by atoms with Crippen LogP contribution in [0.3, 0.4) is 0 Å². The molecule has 1 unspecified atom stereocenters. The number of aliphatic hydroxyl groups excluding tert-OH is 1. The van der Waals surface area contributed by atoms with Crippen LogP contribution in [0.2, 0.25) is 0 Å². The highest BCUT2D eigenvalue weighted by molar-refractivity contribution is 5.88. The number of rotatable bonds is 6. The number of carbonyl (C=O) groups excluding carboxylic acids is 1. The zero-order valence-electron chi connectivity index (χ0n) is 13.7. The number of aliphatic hydroxyl groups is 1. The molecule has 1 amide bonds. The predicted molar refractivity (Wildman–Crippen MR) is 93.8 cm³/mol. The smallest absolute Gasteiger partial charge is 0.220 e. The monoisotopic (exact) mass is 328 g/mol. The number of hydrogen-bond donors (Lipinski definition) is 2. The highest BCUT2D eigenvalue weighted by Gasteiger charge is 2.24. The van der Waals surface area contributed by atoms with Crippen molar-refractivity contribution in [3.05, 3.63) is 42.5 Å². The van der Waals surface area contributed by atoms with Crippen LogP contribution in [-0.2, 0) is 4.79 Å². The van der Waals surface area contributed by atoms with Gasteiger partial charge in [-0.15, -0.1) is 0 Å². The lowest BCUT2D eigenvalue weighted by Gasteiger charge is -2.31. The Kier molecular flexibility index (Phi) is 5.33. The molecule has 3 rings (SSSR count). The first-order chi connectivity index (χ1) is 11.6. The van der Waals surface area contributed by atoms with E-state index in [1.807, 2.05) is 42.5 Å². The van der Waals surface area contributed by atoms with Gasteiger partial charge in [-0.05, 0) is 37.4 Å². The Morgan fingerprint density at radius 1 is 1.21 bits per heavy atom. The van der Waals surface area contributed by atoms with Gasteiger partial charge < -0.3 is 20.5 Å². The number of ether oxygens (including phenoxy) is 1. The Hall–Kier alpha value is -2.11. The molecule has 0 spiro atoms. The van der Waals surface area contributed by atoms with Crippen molar-refractivity contribution in [2.24, 2.45) is 11.7 Å². The second kappa shape index (κ2) is 7.64. The molecule has 5 nitrogen and oxygen atoms in total. The fourth-order valence-corrected chi connectivity index (χ4v) is 3.26. The van der Waals surface area contributed by atoms with E-state index in [0.717, 1.165) is 42.5 Å². The number of hydrogen-bond acceptors (Lipinski definition) is 4. The molecule has 3 N–H and O–H groups in total. The fraction of sp³-hybridized carbons (Fsp3) is 0.421. The lowest BCUT2D eigenvalue weighted by Crippen LogP contribution is -2.43. The van der Waals surface area contributed by atoms with Gasteiger partial charge in [0.2, 0.25) is 5.91 Å². The number of carbonyl (C=O) groups is 1. The third kappa shape index (κ3) is 4.04. The first-order valence-corrected chi connectivity index (χ1v) is 8.44. The van der Waals surface area contributed by atoms with Crippen molar-refractivity contribution in [2.75, 3.05) is 26.2 Å². The van der Waals surface area contributed by atoms with Gasteiger partial charge in [0, 0.05) is 17.8 Å². The molecule has 5 heteroatoms. The summed E-state index contributed by atoms with van der Waals surface area (Å²) in [4.78, 5) is 13.3. The van der Waals surface area contributed by atoms with Crippen LogP contribution in [0.1, 0.15) is 12.8 Å². The third-order valence-corrected chi connectivity index (χ3v) is 4.64. The van der Waals surface area contributed by atoms with Crippen molar-refractivity contribution < 1.29 is 14.6 Å². The Balaban J connectivity index is 1.51. The molecule has 1 aliphatic rings. The molecule has 128 valence electrons. The van der Waals surface area contributed by atoms with Crippen molar-refractivity contribution in [3.63, 3.8) is 0 Å². The molecule has 1 atom stereocenters. The van der Waals surface area contributed by atoms with Gasteiger partial charge in [-0.1, -0.05) is 36.4 Å². The zero-order chi connectivity index (χ0) is 16.9. The molecule has 0 saturated carbocycles. The standard InChI is InChI=1S/C19H24N2O3/c20-19(23)15-8-10-21(11-9-15)12-16(22)13-24-18-7-3-5-14-4-1-2-6-17(14)18/h1-7,15-16,22H,8-13H2,(H2,20,23). The minimum absolute atomic E-state index is 0.0228. The summed E-state index contributed by atoms with van der Waals surface area (Å²) in [6.07, 6.45) is 0.979. The summed E-state index contributed by atoms with van der Waals surface area (Å²) < 4.78 is 5.83. The normalized spacial score (nSPS) is 17.7. The van der Waals surface area contributed by atoms with Gasteiger partial charge in [-0.2, -0.15) is 0 Å². The van der Waals surface area contributed by atoms with Crippen molar-refractivity contribution >= 4 is 16.7 Å². The van der Waals surface area contributed by atoms with E-state index in [4.69, 9.17) is 10.5 Å². The molecule has 1 heterocycles. The summed E-state index contributed by atoms with van der Waals surface area (Å²) in [5.74, 6) is 0.555. The number of β-amino-alcohol motifs (C(OH)–C–C–N with tert-alkyl or cyclic N) is 1. The quantitative estimate of drug-likeness (QED) is 0.847. The summed E-state index contributed by atoms with van der Waals surface area (Å²) in [5, 5.41) is 12.4. The van der Waals surface area contributed by atoms with Gasteiger partial charge in [0.15, 0.2) is 0 Å². The molecule has 0 radical (unpaired) electrons. The lowest BCUT2D eigenvalue weighted by molar-refractivity contribution is -0.123. The molecule has 1 saturated heterocycles. The molecular weight excluding hydrogens is 304 g/mol. The van der Waals surface area contributed by atoms with Gasteiger partial charge in [0.05, 0.1) is 0 Å². The van der Waals surface area contributed by atoms with Gasteiger partial charge in [-0.25, -0.2) is 0 Å². The second-order valence-electron chi connectivity index (χ2n) is 6.42. The second-order valence-corrected chi connectivity index (χ2v) is 6.42. The Morgan fingerprint density at radius 2 is 1.92 bits per heavy atom. The van der Waals surface area contributed by atoms with Crippen LogP contribution >= 0.6 is 0 Å². The van der Waals surface area contributed by atoms with Crippen LogP contribution in [0.15, 0.2) is 42.5 Å². The number of nitrogens with zero attached hydrogens (tertiary/aromatic N) is 1. The van der Waals surface area contributed by atoms with E-state index < -0.39 is 6.10 Å². The van der Waals surface area contributed by atoms with Crippen LogP contribution in [0.4, 0.5) is 0 Å². The van der Waals surface area contributed by atoms with Crippen LogP contribution < -0.4 is 10.5 Å². The van der Waals surface area contributed by atoms with E-state index in [9.17, 15) is 9.90 Å². The van der Waals surface area contributed by atoms with Gasteiger partial charge in [0.25, 0.3) is 0 Å². The van der Waals surface area contributed by atoms with Crippen molar-refractivity contribution in [1.29, 1.82) is 0 Å². The number of likely N-dealkylation sites (tertiary alicyclic amines) is 1. The minimum atomic E-state index is -0.561. The number of benzene rings is 2. The van der Waals surface area contributed by atoms with E-state index >= 15 is 0 Å². The van der Waals surface area contributed by atoms with Crippen molar-refractivity contribution in [3.8, 4) is 5.75 Å². The lowest BCUT2D eigenvalue weighted by atomic mass is 9.96. The summed E-state index contributed by atoms with van der Waals surface area (Å²) in [5.41, 5.74) is 5.34. The Morgan fingerprint density at radius 3 is 2.67 bits per heavy atom. The number of fused-ring (bicyclic) bond motifs is 1. The summed E-state index contributed by atoms with van der Waals surface area (Å²) in [7, 11) is 0. The van der Waals surface area contributed by atoms with E-state index in [0.29, 0.717) is 6.54 Å². The van der Waals surface area contributed by atoms with Gasteiger partial charge >= 0.3 is 0 Å². The third-order valence-electron chi connectivity index (χ3n) is 4.64. The van der Waals surface area contributed by atoms with Gasteiger partial charge in [0.1, 0.15) is 18.5 Å². The molecular formula is C19H24N2O3. The zero-order valence-corrected chi connectivity index (χ0v) is 13.7. The van der Waals surface area contributed by atoms with E-state index in [1.165, 1.54) is 0 Å². The summed E-state index contributed by atoms with van der Waals surface area (Å²) in [6.45, 7) is 2.39. The van der Waals surface area contributed by atoms with Crippen molar-refractivity contribution in [1.82, 2.24) is 4.90 Å². The van der Waals surface area contributed by atoms with Crippen LogP contribution in [0, 0.1) is 5.92 Å². The van der Waals surface area contributed by atoms with Crippen LogP contribution in [0.5, 0.6) is 5.75 Å². The largest absolute Gasteiger partial charge is 0.490 e. The van der Waals surface area contributed by atoms with E-state index in [1.54, 1.807) is 0 Å². The fourth-order valence-electron chi connectivity index (χ4n) is 3.26. The maximum atomic E-state index is 11.2. The molecule has 24 heavy (non-hydrogen) atoms. The molecule has 1 fully saturated rings. The maximum Gasteiger partial charge on any atom is 0.220 e. The van der Waals surface area contributed by atoms with E-state index in [-0.39, 0.29) is 18.4 Å². The molecule has 2 aromatic rings. The molecule has 1 aliphatic heterocycles. The highest BCUT2D eigenvalue weighted by atomic mass is 16.5. The summed E-state index contributed by atoms with van der Waals surface area (Å²) in [6, 6.07) is 14.0. The molecule has 0 aliphatic carbocycles. The number of amides is 1. The SMILES string of the molecule is NC(=O)C1CCN(CC(O)COc2cccc3ccccc23)CC1. The van der Waals surface area contributed by atoms with Crippen molar-refractivity contribution in [2.45, 2.75) is 18.9 Å². The topological polar surface area (TPSA) is 75.8 Å². The molecule has 0 aromatic heterocycles. The molecule has 0 bridgehead atoms. The Labute approximate surface area is 142 Å². The number of nitrogens with two attached hydrogens (primary N) is 1. The number of primary amides is 1. The first kappa shape index (κ1) is 16.7. The van der Waals surface area contributed by atoms with E-state index in [2.05, 4.69) is 4.90 Å². The average molecular weight is 328 g/mol.